The first-order valence-corrected chi connectivity index (χ1v) is 6.15. The van der Waals surface area contributed by atoms with Gasteiger partial charge in [-0.3, -0.25) is 0 Å². The van der Waals surface area contributed by atoms with Crippen LogP contribution < -0.4 is 0 Å². The van der Waals surface area contributed by atoms with Gasteiger partial charge in [0, 0.05) is 17.8 Å². The molecular weight excluding hydrogens is 184 g/mol. The maximum Gasteiger partial charge on any atom is 0.128 e. The minimum absolute atomic E-state index is 1.01. The molecule has 1 aromatic rings. The molecule has 0 saturated carbocycles. The van der Waals surface area contributed by atoms with Gasteiger partial charge in [0.1, 0.15) is 5.82 Å². The van der Waals surface area contributed by atoms with Gasteiger partial charge >= 0.3 is 0 Å². The third-order valence-electron chi connectivity index (χ3n) is 2.36. The zero-order chi connectivity index (χ0) is 11.1. The zero-order valence-electron chi connectivity index (χ0n) is 10.2. The van der Waals surface area contributed by atoms with Crippen molar-refractivity contribution < 1.29 is 0 Å². The first kappa shape index (κ1) is 12.2. The highest BCUT2D eigenvalue weighted by molar-refractivity contribution is 5.12. The van der Waals surface area contributed by atoms with Gasteiger partial charge in [-0.25, -0.2) is 9.97 Å². The largest absolute Gasteiger partial charge is 0.238 e. The molecule has 0 radical (unpaired) electrons. The molecule has 0 aliphatic carbocycles. The first-order chi connectivity index (χ1) is 7.30. The zero-order valence-corrected chi connectivity index (χ0v) is 10.2. The van der Waals surface area contributed by atoms with E-state index in [-0.39, 0.29) is 0 Å². The van der Waals surface area contributed by atoms with Crippen LogP contribution in [0.3, 0.4) is 0 Å². The molecule has 1 heterocycles. The summed E-state index contributed by atoms with van der Waals surface area (Å²) in [5.41, 5.74) is 2.44. The second-order valence-corrected chi connectivity index (χ2v) is 4.02. The Hall–Kier alpha value is -0.920. The number of aryl methyl sites for hydroxylation is 3. The molecule has 0 N–H and O–H groups in total. The van der Waals surface area contributed by atoms with Gasteiger partial charge < -0.3 is 0 Å². The van der Waals surface area contributed by atoms with Crippen molar-refractivity contribution >= 4 is 0 Å². The highest BCUT2D eigenvalue weighted by atomic mass is 14.9. The molecule has 0 aliphatic heterocycles. The van der Waals surface area contributed by atoms with Gasteiger partial charge in [-0.15, -0.1) is 0 Å². The predicted octanol–water partition coefficient (Wildman–Crippen LogP) is 3.33. The van der Waals surface area contributed by atoms with Crippen LogP contribution in [0.15, 0.2) is 6.07 Å². The van der Waals surface area contributed by atoms with Gasteiger partial charge in [-0.1, -0.05) is 33.6 Å². The second kappa shape index (κ2) is 6.54. The molecule has 0 spiro atoms. The standard InChI is InChI=1S/C13H22N2/c1-4-7-11-10-12(8-5-2)15-13(14-11)9-6-3/h10H,4-9H2,1-3H3. The Morgan fingerprint density at radius 2 is 1.27 bits per heavy atom. The molecule has 2 nitrogen and oxygen atoms in total. The van der Waals surface area contributed by atoms with Crippen LogP contribution in [-0.4, -0.2) is 9.97 Å². The molecule has 0 aliphatic rings. The van der Waals surface area contributed by atoms with Crippen molar-refractivity contribution in [1.82, 2.24) is 9.97 Å². The fourth-order valence-electron chi connectivity index (χ4n) is 1.72. The molecule has 0 unspecified atom stereocenters. The van der Waals surface area contributed by atoms with E-state index in [1.165, 1.54) is 11.4 Å². The van der Waals surface area contributed by atoms with Crippen LogP contribution in [-0.2, 0) is 19.3 Å². The topological polar surface area (TPSA) is 25.8 Å². The Kier molecular flexibility index (Phi) is 5.30. The minimum atomic E-state index is 1.01. The second-order valence-electron chi connectivity index (χ2n) is 4.02. The fourth-order valence-corrected chi connectivity index (χ4v) is 1.72. The third-order valence-corrected chi connectivity index (χ3v) is 2.36. The average Bonchev–Trinajstić information content (AvgIpc) is 2.19. The normalized spacial score (nSPS) is 10.6. The predicted molar refractivity (Wildman–Crippen MR) is 64.0 cm³/mol. The van der Waals surface area contributed by atoms with Gasteiger partial charge in [0.05, 0.1) is 0 Å². The maximum absolute atomic E-state index is 4.58. The Labute approximate surface area is 93.2 Å². The lowest BCUT2D eigenvalue weighted by molar-refractivity contribution is 0.761. The summed E-state index contributed by atoms with van der Waals surface area (Å²) in [5.74, 6) is 1.03. The Morgan fingerprint density at radius 1 is 0.800 bits per heavy atom. The van der Waals surface area contributed by atoms with E-state index >= 15 is 0 Å². The number of rotatable bonds is 6. The maximum atomic E-state index is 4.58. The van der Waals surface area contributed by atoms with E-state index in [0.29, 0.717) is 0 Å². The van der Waals surface area contributed by atoms with Crippen molar-refractivity contribution in [2.24, 2.45) is 0 Å². The summed E-state index contributed by atoms with van der Waals surface area (Å²) in [4.78, 5) is 9.17. The number of hydrogen-bond acceptors (Lipinski definition) is 2. The molecular formula is C13H22N2. The quantitative estimate of drug-likeness (QED) is 0.713. The van der Waals surface area contributed by atoms with Crippen LogP contribution in [0.2, 0.25) is 0 Å². The molecule has 1 rings (SSSR count). The van der Waals surface area contributed by atoms with Gasteiger partial charge in [-0.2, -0.15) is 0 Å². The minimum Gasteiger partial charge on any atom is -0.238 e. The molecule has 2 heteroatoms. The summed E-state index contributed by atoms with van der Waals surface area (Å²) < 4.78 is 0. The lowest BCUT2D eigenvalue weighted by Crippen LogP contribution is -2.03. The summed E-state index contributed by atoms with van der Waals surface area (Å²) >= 11 is 0. The van der Waals surface area contributed by atoms with Crippen molar-refractivity contribution in [1.29, 1.82) is 0 Å². The van der Waals surface area contributed by atoms with E-state index in [2.05, 4.69) is 36.8 Å². The summed E-state index contributed by atoms with van der Waals surface area (Å²) in [6.07, 6.45) is 6.61. The van der Waals surface area contributed by atoms with Gasteiger partial charge in [-0.05, 0) is 25.3 Å². The van der Waals surface area contributed by atoms with Crippen LogP contribution in [0, 0.1) is 0 Å². The van der Waals surface area contributed by atoms with Crippen molar-refractivity contribution in [3.63, 3.8) is 0 Å². The van der Waals surface area contributed by atoms with Crippen LogP contribution in [0.25, 0.3) is 0 Å². The van der Waals surface area contributed by atoms with Crippen molar-refractivity contribution in [2.75, 3.05) is 0 Å². The van der Waals surface area contributed by atoms with E-state index in [0.717, 1.165) is 44.3 Å². The monoisotopic (exact) mass is 206 g/mol. The summed E-state index contributed by atoms with van der Waals surface area (Å²) in [6.45, 7) is 6.57. The van der Waals surface area contributed by atoms with Crippen molar-refractivity contribution in [3.8, 4) is 0 Å². The fraction of sp³-hybridized carbons (Fsp3) is 0.692. The Morgan fingerprint density at radius 3 is 1.67 bits per heavy atom. The van der Waals surface area contributed by atoms with Crippen molar-refractivity contribution in [3.05, 3.63) is 23.3 Å². The van der Waals surface area contributed by atoms with E-state index in [1.807, 2.05) is 0 Å². The van der Waals surface area contributed by atoms with Crippen LogP contribution in [0.1, 0.15) is 57.2 Å². The average molecular weight is 206 g/mol. The highest BCUT2D eigenvalue weighted by Crippen LogP contribution is 2.07. The molecule has 84 valence electrons. The number of hydrogen-bond donors (Lipinski definition) is 0. The molecule has 1 aromatic heterocycles. The number of nitrogens with zero attached hydrogens (tertiary/aromatic N) is 2. The van der Waals surface area contributed by atoms with E-state index in [4.69, 9.17) is 0 Å². The van der Waals surface area contributed by atoms with Crippen molar-refractivity contribution in [2.45, 2.75) is 59.3 Å². The van der Waals surface area contributed by atoms with E-state index in [9.17, 15) is 0 Å². The SMILES string of the molecule is CCCc1cc(CCC)nc(CCC)n1. The lowest BCUT2D eigenvalue weighted by atomic mass is 10.1. The summed E-state index contributed by atoms with van der Waals surface area (Å²) in [5, 5.41) is 0. The Bertz CT molecular complexity index is 235. The van der Waals surface area contributed by atoms with E-state index in [1.54, 1.807) is 0 Å². The highest BCUT2D eigenvalue weighted by Gasteiger charge is 2.03. The number of aromatic nitrogens is 2. The molecule has 0 bridgehead atoms. The third kappa shape index (κ3) is 3.98. The first-order valence-electron chi connectivity index (χ1n) is 6.15. The van der Waals surface area contributed by atoms with E-state index < -0.39 is 0 Å². The van der Waals surface area contributed by atoms with Gasteiger partial charge in [0.2, 0.25) is 0 Å². The lowest BCUT2D eigenvalue weighted by Gasteiger charge is -2.06. The molecule has 0 fully saturated rings. The van der Waals surface area contributed by atoms with Gasteiger partial charge in [0.25, 0.3) is 0 Å². The summed E-state index contributed by atoms with van der Waals surface area (Å²) in [6, 6.07) is 2.17. The molecule has 15 heavy (non-hydrogen) atoms. The van der Waals surface area contributed by atoms with Gasteiger partial charge in [0.15, 0.2) is 0 Å². The van der Waals surface area contributed by atoms with Crippen LogP contribution in [0.4, 0.5) is 0 Å². The Balaban J connectivity index is 2.86. The molecule has 0 saturated heterocycles. The van der Waals surface area contributed by atoms with Crippen LogP contribution in [0.5, 0.6) is 0 Å². The summed E-state index contributed by atoms with van der Waals surface area (Å²) in [7, 11) is 0. The van der Waals surface area contributed by atoms with Crippen LogP contribution >= 0.6 is 0 Å². The molecule has 0 aromatic carbocycles. The molecule has 0 atom stereocenters. The smallest absolute Gasteiger partial charge is 0.128 e. The molecule has 0 amide bonds.